The Morgan fingerprint density at radius 2 is 2.31 bits per heavy atom. The molecule has 0 saturated heterocycles. The predicted molar refractivity (Wildman–Crippen MR) is 51.5 cm³/mol. The summed E-state index contributed by atoms with van der Waals surface area (Å²) in [7, 11) is -1.86. The van der Waals surface area contributed by atoms with Gasteiger partial charge < -0.3 is 10.6 Å². The maximum Gasteiger partial charge on any atom is 0.297 e. The molecule has 0 radical (unpaired) electrons. The topological polar surface area (TPSA) is 75.8 Å². The molecule has 0 bridgehead atoms. The van der Waals surface area contributed by atoms with Crippen LogP contribution in [-0.4, -0.2) is 21.4 Å². The molecule has 0 fully saturated rings. The predicted octanol–water partition coefficient (Wildman–Crippen LogP) is 0.201. The van der Waals surface area contributed by atoms with Gasteiger partial charge in [-0.1, -0.05) is 0 Å². The van der Waals surface area contributed by atoms with E-state index in [1.54, 1.807) is 23.4 Å². The van der Waals surface area contributed by atoms with E-state index in [4.69, 9.17) is 5.73 Å². The maximum atomic E-state index is 11.4. The van der Waals surface area contributed by atoms with Crippen LogP contribution in [0.2, 0.25) is 0 Å². The minimum atomic E-state index is -3.54. The zero-order valence-corrected chi connectivity index (χ0v) is 8.39. The Kier molecular flexibility index (Phi) is 1.61. The van der Waals surface area contributed by atoms with Gasteiger partial charge >= 0.3 is 0 Å². The molecule has 0 aromatic carbocycles. The number of hydrogen-bond donors (Lipinski definition) is 1. The van der Waals surface area contributed by atoms with Gasteiger partial charge in [0.15, 0.2) is 4.21 Å². The van der Waals surface area contributed by atoms with Crippen molar-refractivity contribution in [3.63, 3.8) is 0 Å². The first-order chi connectivity index (χ1) is 6.02. The summed E-state index contributed by atoms with van der Waals surface area (Å²) < 4.78 is 26.5. The summed E-state index contributed by atoms with van der Waals surface area (Å²) in [5, 5.41) is 1.70. The second-order valence-corrected chi connectivity index (χ2v) is 5.29. The molecular formula is C6H7N3O2S2. The van der Waals surface area contributed by atoms with E-state index in [1.165, 1.54) is 0 Å². The van der Waals surface area contributed by atoms with E-state index in [2.05, 4.69) is 4.40 Å². The number of fused-ring (bicyclic) bond motifs is 1. The van der Waals surface area contributed by atoms with Crippen molar-refractivity contribution in [1.82, 2.24) is 0 Å². The highest BCUT2D eigenvalue weighted by Gasteiger charge is 2.28. The van der Waals surface area contributed by atoms with E-state index in [1.807, 2.05) is 0 Å². The number of rotatable bonds is 0. The summed E-state index contributed by atoms with van der Waals surface area (Å²) >= 11 is 1.15. The SMILES string of the molecule is CN1C(N)=NS(=O)(=O)c2sccc21. The fourth-order valence-corrected chi connectivity index (χ4v) is 3.41. The van der Waals surface area contributed by atoms with Gasteiger partial charge in [-0.2, -0.15) is 8.42 Å². The molecule has 0 saturated carbocycles. The number of nitrogens with zero attached hydrogens (tertiary/aromatic N) is 2. The zero-order valence-electron chi connectivity index (χ0n) is 6.76. The van der Waals surface area contributed by atoms with Crippen LogP contribution in [0.1, 0.15) is 0 Å². The molecule has 0 amide bonds. The molecular weight excluding hydrogens is 210 g/mol. The van der Waals surface area contributed by atoms with Crippen molar-refractivity contribution in [3.05, 3.63) is 11.4 Å². The lowest BCUT2D eigenvalue weighted by atomic mass is 10.5. The maximum absolute atomic E-state index is 11.4. The minimum absolute atomic E-state index is 0.00546. The van der Waals surface area contributed by atoms with Gasteiger partial charge in [0.1, 0.15) is 0 Å². The molecule has 5 nitrogen and oxygen atoms in total. The third kappa shape index (κ3) is 1.11. The molecule has 0 aliphatic carbocycles. The standard InChI is InChI=1S/C6H7N3O2S2/c1-9-4-2-3-12-5(4)13(10,11)8-6(9)7/h2-3H,1H3,(H2,7,8). The van der Waals surface area contributed by atoms with Gasteiger partial charge in [0.05, 0.1) is 5.69 Å². The molecule has 1 aliphatic rings. The lowest BCUT2D eigenvalue weighted by Gasteiger charge is -2.21. The molecule has 2 N–H and O–H groups in total. The summed E-state index contributed by atoms with van der Waals surface area (Å²) in [6.45, 7) is 0. The highest BCUT2D eigenvalue weighted by molar-refractivity contribution is 7.92. The molecule has 1 aromatic heterocycles. The normalized spacial score (nSPS) is 19.5. The summed E-state index contributed by atoms with van der Waals surface area (Å²) in [6, 6.07) is 1.71. The first-order valence-electron chi connectivity index (χ1n) is 3.44. The van der Waals surface area contributed by atoms with Crippen LogP contribution in [0.4, 0.5) is 5.69 Å². The molecule has 2 rings (SSSR count). The summed E-state index contributed by atoms with van der Waals surface area (Å²) in [4.78, 5) is 1.55. The number of anilines is 1. The smallest absolute Gasteiger partial charge is 0.297 e. The van der Waals surface area contributed by atoms with Gasteiger partial charge in [0, 0.05) is 7.05 Å². The van der Waals surface area contributed by atoms with Crippen LogP contribution in [0.15, 0.2) is 20.1 Å². The van der Waals surface area contributed by atoms with Crippen molar-refractivity contribution in [1.29, 1.82) is 0 Å². The average molecular weight is 217 g/mol. The summed E-state index contributed by atoms with van der Waals surface area (Å²) in [5.41, 5.74) is 6.02. The molecule has 0 spiro atoms. The Morgan fingerprint density at radius 3 is 3.00 bits per heavy atom. The van der Waals surface area contributed by atoms with Crippen LogP contribution in [0.5, 0.6) is 0 Å². The minimum Gasteiger partial charge on any atom is -0.369 e. The molecule has 0 unspecified atom stereocenters. The Balaban J connectivity index is 2.75. The number of guanidine groups is 1. The molecule has 1 aromatic rings. The van der Waals surface area contributed by atoms with E-state index in [0.29, 0.717) is 5.69 Å². The van der Waals surface area contributed by atoms with Gasteiger partial charge in [0.2, 0.25) is 5.96 Å². The zero-order chi connectivity index (χ0) is 9.64. The highest BCUT2D eigenvalue weighted by Crippen LogP contribution is 2.34. The summed E-state index contributed by atoms with van der Waals surface area (Å²) in [5.74, 6) is 0.00546. The van der Waals surface area contributed by atoms with E-state index in [0.717, 1.165) is 11.3 Å². The van der Waals surface area contributed by atoms with E-state index in [-0.39, 0.29) is 10.2 Å². The van der Waals surface area contributed by atoms with Gasteiger partial charge in [-0.25, -0.2) is 0 Å². The second kappa shape index (κ2) is 2.46. The lowest BCUT2D eigenvalue weighted by molar-refractivity contribution is 0.599. The Hall–Kier alpha value is -1.08. The third-order valence-corrected chi connectivity index (χ3v) is 4.48. The van der Waals surface area contributed by atoms with Crippen LogP contribution >= 0.6 is 11.3 Å². The Bertz CT molecular complexity index is 474. The van der Waals surface area contributed by atoms with Crippen LogP contribution in [0.25, 0.3) is 0 Å². The fourth-order valence-electron chi connectivity index (χ4n) is 1.08. The molecule has 7 heteroatoms. The largest absolute Gasteiger partial charge is 0.369 e. The first kappa shape index (κ1) is 8.52. The Labute approximate surface area is 79.6 Å². The van der Waals surface area contributed by atoms with E-state index < -0.39 is 10.0 Å². The molecule has 0 atom stereocenters. The second-order valence-electron chi connectivity index (χ2n) is 2.58. The van der Waals surface area contributed by atoms with E-state index in [9.17, 15) is 8.42 Å². The molecule has 70 valence electrons. The number of hydrogen-bond acceptors (Lipinski definition) is 5. The van der Waals surface area contributed by atoms with Crippen molar-refractivity contribution < 1.29 is 8.42 Å². The Morgan fingerprint density at radius 1 is 1.62 bits per heavy atom. The van der Waals surface area contributed by atoms with Gasteiger partial charge in [-0.05, 0) is 11.4 Å². The quantitative estimate of drug-likeness (QED) is 0.673. The van der Waals surface area contributed by atoms with Gasteiger partial charge in [-0.15, -0.1) is 15.7 Å². The molecule has 1 aliphatic heterocycles. The number of thiophene rings is 1. The lowest BCUT2D eigenvalue weighted by Crippen LogP contribution is -2.37. The average Bonchev–Trinajstić information content (AvgIpc) is 2.48. The molecule has 2 heterocycles. The highest BCUT2D eigenvalue weighted by atomic mass is 32.2. The first-order valence-corrected chi connectivity index (χ1v) is 5.76. The van der Waals surface area contributed by atoms with Crippen molar-refractivity contribution in [3.8, 4) is 0 Å². The van der Waals surface area contributed by atoms with Crippen molar-refractivity contribution in [2.45, 2.75) is 4.21 Å². The van der Waals surface area contributed by atoms with Crippen molar-refractivity contribution >= 4 is 33.0 Å². The third-order valence-electron chi connectivity index (χ3n) is 1.76. The van der Waals surface area contributed by atoms with Crippen LogP contribution in [-0.2, 0) is 10.0 Å². The summed E-state index contributed by atoms with van der Waals surface area (Å²) in [6.07, 6.45) is 0. The van der Waals surface area contributed by atoms with Crippen LogP contribution in [0, 0.1) is 0 Å². The van der Waals surface area contributed by atoms with Crippen molar-refractivity contribution in [2.75, 3.05) is 11.9 Å². The number of sulfonamides is 1. The van der Waals surface area contributed by atoms with Crippen molar-refractivity contribution in [2.24, 2.45) is 10.1 Å². The van der Waals surface area contributed by atoms with Gasteiger partial charge in [-0.3, -0.25) is 0 Å². The number of nitrogens with two attached hydrogens (primary N) is 1. The fraction of sp³-hybridized carbons (Fsp3) is 0.167. The van der Waals surface area contributed by atoms with Crippen LogP contribution < -0.4 is 10.6 Å². The van der Waals surface area contributed by atoms with Crippen LogP contribution in [0.3, 0.4) is 0 Å². The molecule has 13 heavy (non-hydrogen) atoms. The monoisotopic (exact) mass is 217 g/mol. The van der Waals surface area contributed by atoms with Gasteiger partial charge in [0.25, 0.3) is 10.0 Å². The van der Waals surface area contributed by atoms with E-state index >= 15 is 0 Å².